The van der Waals surface area contributed by atoms with Crippen LogP contribution < -0.4 is 5.32 Å². The summed E-state index contributed by atoms with van der Waals surface area (Å²) in [6.45, 7) is 0. The summed E-state index contributed by atoms with van der Waals surface area (Å²) in [5, 5.41) is 3.33. The van der Waals surface area contributed by atoms with E-state index in [2.05, 4.69) is 5.32 Å². The van der Waals surface area contributed by atoms with Gasteiger partial charge in [-0.2, -0.15) is 8.42 Å². The number of hydrogen-bond acceptors (Lipinski definition) is 3. The molecule has 0 atom stereocenters. The minimum atomic E-state index is -2.13. The molecule has 1 aliphatic rings. The minimum absolute atomic E-state index is 0.432. The smallest absolute Gasteiger partial charge is 0.217 e. The fraction of sp³-hybridized carbons (Fsp3) is 0.0625. The van der Waals surface area contributed by atoms with Gasteiger partial charge in [0.1, 0.15) is 0 Å². The molecule has 2 aromatic carbocycles. The highest BCUT2D eigenvalue weighted by atomic mass is 32.2. The third-order valence-electron chi connectivity index (χ3n) is 3.24. The Morgan fingerprint density at radius 3 is 2.45 bits per heavy atom. The highest BCUT2D eigenvalue weighted by Gasteiger charge is 2.10. The molecule has 1 N–H and O–H groups in total. The third kappa shape index (κ3) is 2.65. The Morgan fingerprint density at radius 1 is 0.900 bits per heavy atom. The monoisotopic (exact) mass is 283 g/mol. The number of benzene rings is 2. The maximum absolute atomic E-state index is 11.0. The van der Waals surface area contributed by atoms with E-state index in [0.717, 1.165) is 22.5 Å². The first kappa shape index (κ1) is 12.7. The highest BCUT2D eigenvalue weighted by Crippen LogP contribution is 2.24. The predicted octanol–water partition coefficient (Wildman–Crippen LogP) is 3.05. The largest absolute Gasteiger partial charge is 0.356 e. The zero-order chi connectivity index (χ0) is 13.9. The Labute approximate surface area is 119 Å². The van der Waals surface area contributed by atoms with E-state index >= 15 is 0 Å². The van der Waals surface area contributed by atoms with Crippen molar-refractivity contribution in [2.24, 2.45) is 0 Å². The maximum atomic E-state index is 11.0. The molecule has 3 nitrogen and oxygen atoms in total. The molecule has 0 aromatic heterocycles. The van der Waals surface area contributed by atoms with Gasteiger partial charge in [-0.3, -0.25) is 0 Å². The number of nitrogens with one attached hydrogen (secondary N) is 1. The van der Waals surface area contributed by atoms with Crippen molar-refractivity contribution in [2.45, 2.75) is 6.42 Å². The molecule has 100 valence electrons. The molecule has 0 fully saturated rings. The molecule has 0 unspecified atom stereocenters. The molecular weight excluding hydrogens is 270 g/mol. The van der Waals surface area contributed by atoms with Gasteiger partial charge in [0.25, 0.3) is 0 Å². The SMILES string of the molecule is O=S(=O)=C1C=Cc2cc(Nc3ccccc3)ccc2C1. The average molecular weight is 283 g/mol. The first-order chi connectivity index (χ1) is 9.72. The Bertz CT molecular complexity index is 798. The van der Waals surface area contributed by atoms with Crippen molar-refractivity contribution in [2.75, 3.05) is 5.32 Å². The molecule has 20 heavy (non-hydrogen) atoms. The van der Waals surface area contributed by atoms with E-state index in [1.54, 1.807) is 6.08 Å². The van der Waals surface area contributed by atoms with Crippen LogP contribution in [0, 0.1) is 0 Å². The van der Waals surface area contributed by atoms with E-state index in [9.17, 15) is 8.42 Å². The second-order valence-electron chi connectivity index (χ2n) is 4.62. The van der Waals surface area contributed by atoms with Crippen LogP contribution in [0.2, 0.25) is 0 Å². The van der Waals surface area contributed by atoms with Crippen LogP contribution in [0.4, 0.5) is 11.4 Å². The van der Waals surface area contributed by atoms with E-state index in [0.29, 0.717) is 11.3 Å². The van der Waals surface area contributed by atoms with Gasteiger partial charge in [0.2, 0.25) is 10.3 Å². The lowest BCUT2D eigenvalue weighted by atomic mass is 9.97. The summed E-state index contributed by atoms with van der Waals surface area (Å²) in [5.41, 5.74) is 4.11. The Hall–Kier alpha value is -2.33. The summed E-state index contributed by atoms with van der Waals surface area (Å²) in [4.78, 5) is 0.432. The zero-order valence-electron chi connectivity index (χ0n) is 10.7. The van der Waals surface area contributed by atoms with Crippen molar-refractivity contribution in [3.63, 3.8) is 0 Å². The molecule has 0 amide bonds. The normalized spacial score (nSPS) is 12.9. The molecule has 2 aromatic rings. The second-order valence-corrected chi connectivity index (χ2v) is 5.61. The van der Waals surface area contributed by atoms with Crippen LogP contribution in [0.1, 0.15) is 11.1 Å². The van der Waals surface area contributed by atoms with Gasteiger partial charge in [0.05, 0.1) is 4.86 Å². The molecule has 3 rings (SSSR count). The van der Waals surface area contributed by atoms with Crippen molar-refractivity contribution in [1.29, 1.82) is 0 Å². The Kier molecular flexibility index (Phi) is 3.39. The molecular formula is C16H13NO2S. The fourth-order valence-electron chi connectivity index (χ4n) is 2.22. The number of fused-ring (bicyclic) bond motifs is 1. The van der Waals surface area contributed by atoms with Crippen LogP contribution in [0.25, 0.3) is 6.08 Å². The van der Waals surface area contributed by atoms with Gasteiger partial charge < -0.3 is 5.32 Å². The van der Waals surface area contributed by atoms with Gasteiger partial charge >= 0.3 is 0 Å². The topological polar surface area (TPSA) is 46.2 Å². The lowest BCUT2D eigenvalue weighted by Gasteiger charge is -2.13. The van der Waals surface area contributed by atoms with Crippen LogP contribution in [0.5, 0.6) is 0 Å². The molecule has 0 saturated heterocycles. The van der Waals surface area contributed by atoms with E-state index < -0.39 is 10.3 Å². The molecule has 0 radical (unpaired) electrons. The minimum Gasteiger partial charge on any atom is -0.356 e. The van der Waals surface area contributed by atoms with Crippen LogP contribution in [-0.2, 0) is 16.7 Å². The van der Waals surface area contributed by atoms with Crippen molar-refractivity contribution in [1.82, 2.24) is 0 Å². The Morgan fingerprint density at radius 2 is 1.70 bits per heavy atom. The Balaban J connectivity index is 1.91. The molecule has 0 spiro atoms. The standard InChI is InChI=1S/C16H13NO2S/c18-20(19)16-9-7-12-10-15(8-6-13(12)11-16)17-14-4-2-1-3-5-14/h1-10,17H,11H2. The van der Waals surface area contributed by atoms with Crippen molar-refractivity contribution < 1.29 is 8.42 Å². The number of anilines is 2. The number of hydrogen-bond donors (Lipinski definition) is 1. The quantitative estimate of drug-likeness (QED) is 0.862. The van der Waals surface area contributed by atoms with E-state index in [1.807, 2.05) is 54.6 Å². The van der Waals surface area contributed by atoms with E-state index in [4.69, 9.17) is 0 Å². The molecule has 0 saturated carbocycles. The average Bonchev–Trinajstić information content (AvgIpc) is 2.47. The van der Waals surface area contributed by atoms with E-state index in [1.165, 1.54) is 0 Å². The van der Waals surface area contributed by atoms with Crippen LogP contribution in [0.3, 0.4) is 0 Å². The number of para-hydroxylation sites is 1. The van der Waals surface area contributed by atoms with Gasteiger partial charge in [0, 0.05) is 17.8 Å². The first-order valence-corrected chi connectivity index (χ1v) is 7.38. The van der Waals surface area contributed by atoms with Crippen molar-refractivity contribution in [3.8, 4) is 0 Å². The molecule has 0 aliphatic heterocycles. The zero-order valence-corrected chi connectivity index (χ0v) is 11.5. The van der Waals surface area contributed by atoms with Gasteiger partial charge in [-0.25, -0.2) is 0 Å². The highest BCUT2D eigenvalue weighted by molar-refractivity contribution is 7.73. The fourth-order valence-corrected chi connectivity index (χ4v) is 2.67. The summed E-state index contributed by atoms with van der Waals surface area (Å²) < 4.78 is 21.9. The predicted molar refractivity (Wildman–Crippen MR) is 82.8 cm³/mol. The summed E-state index contributed by atoms with van der Waals surface area (Å²) in [6.07, 6.45) is 3.98. The van der Waals surface area contributed by atoms with Crippen LogP contribution in [0.15, 0.2) is 54.6 Å². The first-order valence-electron chi connectivity index (χ1n) is 6.30. The summed E-state index contributed by atoms with van der Waals surface area (Å²) in [7, 11) is -2.13. The lowest BCUT2D eigenvalue weighted by Crippen LogP contribution is -2.07. The molecule has 0 heterocycles. The third-order valence-corrected chi connectivity index (χ3v) is 3.94. The number of rotatable bonds is 2. The van der Waals surface area contributed by atoms with Crippen LogP contribution >= 0.6 is 0 Å². The summed E-state index contributed by atoms with van der Waals surface area (Å²) in [6, 6.07) is 15.9. The van der Waals surface area contributed by atoms with Gasteiger partial charge in [0.15, 0.2) is 0 Å². The second kappa shape index (κ2) is 5.35. The summed E-state index contributed by atoms with van der Waals surface area (Å²) >= 11 is 0. The molecule has 4 heteroatoms. The molecule has 1 aliphatic carbocycles. The lowest BCUT2D eigenvalue weighted by molar-refractivity contribution is 0.627. The van der Waals surface area contributed by atoms with Crippen LogP contribution in [-0.4, -0.2) is 13.3 Å². The maximum Gasteiger partial charge on any atom is 0.217 e. The van der Waals surface area contributed by atoms with Gasteiger partial charge in [-0.15, -0.1) is 0 Å². The summed E-state index contributed by atoms with van der Waals surface area (Å²) in [5.74, 6) is 0. The van der Waals surface area contributed by atoms with E-state index in [-0.39, 0.29) is 0 Å². The van der Waals surface area contributed by atoms with Gasteiger partial charge in [-0.1, -0.05) is 30.3 Å². The van der Waals surface area contributed by atoms with Crippen molar-refractivity contribution in [3.05, 3.63) is 65.7 Å². The van der Waals surface area contributed by atoms with Crippen molar-refractivity contribution >= 4 is 32.6 Å². The molecule has 0 bridgehead atoms. The van der Waals surface area contributed by atoms with Gasteiger partial charge in [-0.05, 0) is 41.5 Å². The number of allylic oxidation sites excluding steroid dienone is 1.